The van der Waals surface area contributed by atoms with E-state index in [1.165, 1.54) is 10.9 Å². The van der Waals surface area contributed by atoms with E-state index in [4.69, 9.17) is 0 Å². The van der Waals surface area contributed by atoms with E-state index in [-0.39, 0.29) is 0 Å². The number of nitrogens with one attached hydrogen (secondary N) is 1. The Bertz CT molecular complexity index is 943. The van der Waals surface area contributed by atoms with Crippen LogP contribution in [-0.4, -0.2) is 29.5 Å². The van der Waals surface area contributed by atoms with Crippen LogP contribution in [0, 0.1) is 6.92 Å². The van der Waals surface area contributed by atoms with Crippen LogP contribution in [0.3, 0.4) is 0 Å². The van der Waals surface area contributed by atoms with Crippen molar-refractivity contribution in [2.24, 2.45) is 7.05 Å². The minimum atomic E-state index is 0.717. The van der Waals surface area contributed by atoms with Crippen LogP contribution in [0.15, 0.2) is 42.9 Å². The van der Waals surface area contributed by atoms with E-state index in [0.717, 1.165) is 22.9 Å². The van der Waals surface area contributed by atoms with Gasteiger partial charge in [-0.3, -0.25) is 9.25 Å². The summed E-state index contributed by atoms with van der Waals surface area (Å²) in [4.78, 5) is 3.30. The normalized spacial score (nSPS) is 11.4. The van der Waals surface area contributed by atoms with Gasteiger partial charge in [0.05, 0.1) is 5.69 Å². The molecule has 0 atom stereocenters. The van der Waals surface area contributed by atoms with Gasteiger partial charge >= 0.3 is 0 Å². The molecule has 6 nitrogen and oxygen atoms in total. The third-order valence-electron chi connectivity index (χ3n) is 3.87. The number of nitrogens with zero attached hydrogens (tertiary/aromatic N) is 5. The van der Waals surface area contributed by atoms with Crippen LogP contribution in [0.4, 0.5) is 0 Å². The fourth-order valence-corrected chi connectivity index (χ4v) is 2.84. The number of aromatic amines is 1. The lowest BCUT2D eigenvalue weighted by atomic mass is 10.1. The average Bonchev–Trinajstić information content (AvgIpc) is 3.20. The van der Waals surface area contributed by atoms with Gasteiger partial charge in [0, 0.05) is 36.6 Å². The summed E-state index contributed by atoms with van der Waals surface area (Å²) in [6.07, 6.45) is 4.49. The molecule has 0 spiro atoms. The molecule has 0 aliphatic rings. The van der Waals surface area contributed by atoms with Crippen molar-refractivity contribution in [2.75, 3.05) is 0 Å². The highest BCUT2D eigenvalue weighted by Gasteiger charge is 2.13. The van der Waals surface area contributed by atoms with Crippen LogP contribution in [-0.2, 0) is 13.5 Å². The van der Waals surface area contributed by atoms with Crippen LogP contribution in [0.1, 0.15) is 17.1 Å². The minimum Gasteiger partial charge on any atom is -0.361 e. The molecule has 0 aliphatic carbocycles. The first-order chi connectivity index (χ1) is 10.7. The topological polar surface area (TPSA) is 64.3 Å². The zero-order valence-electron chi connectivity index (χ0n) is 12.5. The Morgan fingerprint density at radius 2 is 2.09 bits per heavy atom. The molecule has 0 aliphatic heterocycles. The van der Waals surface area contributed by atoms with Gasteiger partial charge in [-0.2, -0.15) is 5.10 Å². The van der Waals surface area contributed by atoms with E-state index in [1.54, 1.807) is 6.33 Å². The second-order valence-corrected chi connectivity index (χ2v) is 5.42. The predicted octanol–water partition coefficient (Wildman–Crippen LogP) is 2.38. The molecule has 22 heavy (non-hydrogen) atoms. The summed E-state index contributed by atoms with van der Waals surface area (Å²) >= 11 is 0. The van der Waals surface area contributed by atoms with Gasteiger partial charge in [-0.25, -0.2) is 0 Å². The first-order valence-corrected chi connectivity index (χ1v) is 7.17. The van der Waals surface area contributed by atoms with Gasteiger partial charge < -0.3 is 4.98 Å². The highest BCUT2D eigenvalue weighted by atomic mass is 15.4. The molecular weight excluding hydrogens is 276 g/mol. The molecule has 110 valence electrons. The number of aromatic nitrogens is 6. The number of fused-ring (bicyclic) bond motifs is 1. The van der Waals surface area contributed by atoms with E-state index in [2.05, 4.69) is 38.5 Å². The molecule has 6 heteroatoms. The Kier molecular flexibility index (Phi) is 2.82. The van der Waals surface area contributed by atoms with Crippen molar-refractivity contribution >= 4 is 10.9 Å². The molecular formula is C16H16N6. The maximum atomic E-state index is 4.39. The van der Waals surface area contributed by atoms with Gasteiger partial charge in [-0.1, -0.05) is 18.2 Å². The maximum absolute atomic E-state index is 4.39. The van der Waals surface area contributed by atoms with Crippen molar-refractivity contribution in [3.8, 4) is 5.82 Å². The molecule has 1 N–H and O–H groups in total. The Labute approximate surface area is 127 Å². The van der Waals surface area contributed by atoms with E-state index in [1.807, 2.05) is 41.5 Å². The Balaban J connectivity index is 1.76. The second-order valence-electron chi connectivity index (χ2n) is 5.42. The van der Waals surface area contributed by atoms with Gasteiger partial charge in [0.2, 0.25) is 0 Å². The van der Waals surface area contributed by atoms with Gasteiger partial charge in [0.15, 0.2) is 0 Å². The van der Waals surface area contributed by atoms with Gasteiger partial charge in [-0.05, 0) is 18.6 Å². The molecule has 4 rings (SSSR count). The number of hydrogen-bond donors (Lipinski definition) is 1. The van der Waals surface area contributed by atoms with Gasteiger partial charge in [0.25, 0.3) is 0 Å². The van der Waals surface area contributed by atoms with Crippen LogP contribution >= 0.6 is 0 Å². The minimum absolute atomic E-state index is 0.717. The lowest BCUT2D eigenvalue weighted by Gasteiger charge is -2.06. The summed E-state index contributed by atoms with van der Waals surface area (Å²) in [6, 6.07) is 10.3. The lowest BCUT2D eigenvalue weighted by Crippen LogP contribution is -2.06. The largest absolute Gasteiger partial charge is 0.361 e. The highest BCUT2D eigenvalue weighted by Crippen LogP contribution is 2.21. The van der Waals surface area contributed by atoms with E-state index in [0.29, 0.717) is 6.42 Å². The zero-order valence-corrected chi connectivity index (χ0v) is 12.5. The maximum Gasteiger partial charge on any atom is 0.143 e. The van der Waals surface area contributed by atoms with Crippen LogP contribution in [0.25, 0.3) is 16.7 Å². The Morgan fingerprint density at radius 1 is 1.23 bits per heavy atom. The monoisotopic (exact) mass is 292 g/mol. The fraction of sp³-hybridized carbons (Fsp3) is 0.188. The third-order valence-corrected chi connectivity index (χ3v) is 3.87. The summed E-state index contributed by atoms with van der Waals surface area (Å²) < 4.78 is 3.83. The summed E-state index contributed by atoms with van der Waals surface area (Å²) in [5.41, 5.74) is 3.33. The third kappa shape index (κ3) is 2.00. The van der Waals surface area contributed by atoms with Gasteiger partial charge in [0.1, 0.15) is 18.0 Å². The van der Waals surface area contributed by atoms with E-state index < -0.39 is 0 Å². The number of H-pyrrole nitrogens is 1. The standard InChI is InChI=1S/C16H16N6/c1-11-7-16(21(2)20-11)22-10-18-19-15(22)8-12-9-17-14-6-4-3-5-13(12)14/h3-7,9-10,17H,8H2,1-2H3. The quantitative estimate of drug-likeness (QED) is 0.630. The molecule has 3 heterocycles. The molecule has 0 unspecified atom stereocenters. The Morgan fingerprint density at radius 3 is 2.91 bits per heavy atom. The summed E-state index contributed by atoms with van der Waals surface area (Å²) in [7, 11) is 1.93. The smallest absolute Gasteiger partial charge is 0.143 e. The zero-order chi connectivity index (χ0) is 15.1. The SMILES string of the molecule is Cc1cc(-n2cnnc2Cc2c[nH]c3ccccc23)n(C)n1. The van der Waals surface area contributed by atoms with E-state index in [9.17, 15) is 0 Å². The predicted molar refractivity (Wildman–Crippen MR) is 84.0 cm³/mol. The summed E-state index contributed by atoms with van der Waals surface area (Å²) in [5.74, 6) is 1.87. The summed E-state index contributed by atoms with van der Waals surface area (Å²) in [6.45, 7) is 1.98. The molecule has 0 saturated heterocycles. The van der Waals surface area contributed by atoms with Crippen LogP contribution < -0.4 is 0 Å². The molecule has 0 radical (unpaired) electrons. The second kappa shape index (κ2) is 4.84. The molecule has 1 aromatic carbocycles. The van der Waals surface area contributed by atoms with Crippen molar-refractivity contribution in [3.63, 3.8) is 0 Å². The average molecular weight is 292 g/mol. The highest BCUT2D eigenvalue weighted by molar-refractivity contribution is 5.83. The number of aryl methyl sites for hydroxylation is 2. The van der Waals surface area contributed by atoms with Crippen molar-refractivity contribution in [3.05, 3.63) is 59.9 Å². The van der Waals surface area contributed by atoms with E-state index >= 15 is 0 Å². The number of benzene rings is 1. The van der Waals surface area contributed by atoms with Crippen molar-refractivity contribution in [1.82, 2.24) is 29.5 Å². The first kappa shape index (κ1) is 12.8. The number of hydrogen-bond acceptors (Lipinski definition) is 3. The lowest BCUT2D eigenvalue weighted by molar-refractivity contribution is 0.711. The van der Waals surface area contributed by atoms with Gasteiger partial charge in [-0.15, -0.1) is 10.2 Å². The molecule has 4 aromatic rings. The molecule has 0 amide bonds. The first-order valence-electron chi connectivity index (χ1n) is 7.17. The molecule has 0 bridgehead atoms. The molecule has 0 saturated carbocycles. The number of para-hydroxylation sites is 1. The van der Waals surface area contributed by atoms with Crippen molar-refractivity contribution in [2.45, 2.75) is 13.3 Å². The van der Waals surface area contributed by atoms with Crippen LogP contribution in [0.5, 0.6) is 0 Å². The van der Waals surface area contributed by atoms with Crippen molar-refractivity contribution < 1.29 is 0 Å². The molecule has 0 fully saturated rings. The Hall–Kier alpha value is -2.89. The van der Waals surface area contributed by atoms with Crippen LogP contribution in [0.2, 0.25) is 0 Å². The number of rotatable bonds is 3. The molecule has 3 aromatic heterocycles. The summed E-state index contributed by atoms with van der Waals surface area (Å²) in [5, 5.41) is 14.0. The fourth-order valence-electron chi connectivity index (χ4n) is 2.84. The van der Waals surface area contributed by atoms with Crippen molar-refractivity contribution in [1.29, 1.82) is 0 Å².